The molecule has 122 valence electrons. The summed E-state index contributed by atoms with van der Waals surface area (Å²) in [6.07, 6.45) is 4.00. The lowest BCUT2D eigenvalue weighted by molar-refractivity contribution is -0.118. The first-order chi connectivity index (χ1) is 10.4. The maximum absolute atomic E-state index is 12.2. The molecule has 3 N–H and O–H groups in total. The first kappa shape index (κ1) is 16.6. The molecule has 1 aliphatic rings. The average Bonchev–Trinajstić information content (AvgIpc) is 2.48. The van der Waals surface area contributed by atoms with Gasteiger partial charge in [0.15, 0.2) is 0 Å². The third kappa shape index (κ3) is 4.60. The van der Waals surface area contributed by atoms with Gasteiger partial charge in [-0.15, -0.1) is 0 Å². The third-order valence-corrected chi connectivity index (χ3v) is 3.98. The maximum atomic E-state index is 12.2. The fourth-order valence-electron chi connectivity index (χ4n) is 2.36. The number of carbonyl (C=O) groups is 1. The summed E-state index contributed by atoms with van der Waals surface area (Å²) in [6.45, 7) is 0.846. The molecule has 8 heteroatoms. The molecule has 22 heavy (non-hydrogen) atoms. The van der Waals surface area contributed by atoms with Gasteiger partial charge < -0.3 is 15.4 Å². The van der Waals surface area contributed by atoms with Crippen LogP contribution < -0.4 is 20.1 Å². The summed E-state index contributed by atoms with van der Waals surface area (Å²) in [5, 5.41) is 5.99. The lowest BCUT2D eigenvalue weighted by Gasteiger charge is -2.22. The number of sulfonamides is 1. The Morgan fingerprint density at radius 3 is 2.73 bits per heavy atom. The van der Waals surface area contributed by atoms with Crippen LogP contribution in [0.15, 0.2) is 18.2 Å². The number of hydrogen-bond donors (Lipinski definition) is 3. The number of carbonyl (C=O) groups excluding carboxylic acids is 1. The summed E-state index contributed by atoms with van der Waals surface area (Å²) >= 11 is 0. The molecule has 2 rings (SSSR count). The highest BCUT2D eigenvalue weighted by Crippen LogP contribution is 2.28. The fraction of sp³-hybridized carbons (Fsp3) is 0.500. The molecule has 1 atom stereocenters. The van der Waals surface area contributed by atoms with Gasteiger partial charge in [-0.3, -0.25) is 9.52 Å². The van der Waals surface area contributed by atoms with E-state index in [4.69, 9.17) is 4.74 Å². The van der Waals surface area contributed by atoms with E-state index in [-0.39, 0.29) is 11.9 Å². The summed E-state index contributed by atoms with van der Waals surface area (Å²) in [5.41, 5.74) is 0.895. The van der Waals surface area contributed by atoms with E-state index in [0.717, 1.165) is 32.1 Å². The van der Waals surface area contributed by atoms with E-state index >= 15 is 0 Å². The van der Waals surface area contributed by atoms with Crippen LogP contribution in [-0.4, -0.2) is 40.3 Å². The number of piperidine rings is 1. The van der Waals surface area contributed by atoms with Crippen molar-refractivity contribution in [2.24, 2.45) is 0 Å². The third-order valence-electron chi connectivity index (χ3n) is 3.39. The van der Waals surface area contributed by atoms with Crippen molar-refractivity contribution in [3.05, 3.63) is 18.2 Å². The second kappa shape index (κ2) is 6.97. The Balaban J connectivity index is 2.10. The smallest absolute Gasteiger partial charge is 0.241 e. The van der Waals surface area contributed by atoms with Crippen molar-refractivity contribution >= 4 is 27.3 Å². The summed E-state index contributed by atoms with van der Waals surface area (Å²) in [6, 6.07) is 4.60. The van der Waals surface area contributed by atoms with Crippen LogP contribution in [0, 0.1) is 0 Å². The molecule has 0 spiro atoms. The SMILES string of the molecule is COc1cc(NC(=O)C2CCCCN2)ccc1NS(C)(=O)=O. The Labute approximate surface area is 130 Å². The first-order valence-electron chi connectivity index (χ1n) is 7.09. The molecule has 0 bridgehead atoms. The molecule has 1 aromatic carbocycles. The van der Waals surface area contributed by atoms with Crippen molar-refractivity contribution in [3.8, 4) is 5.75 Å². The summed E-state index contributed by atoms with van der Waals surface area (Å²) < 4.78 is 30.1. The van der Waals surface area contributed by atoms with Crippen molar-refractivity contribution in [2.75, 3.05) is 29.9 Å². The molecule has 0 radical (unpaired) electrons. The minimum Gasteiger partial charge on any atom is -0.494 e. The van der Waals surface area contributed by atoms with E-state index in [2.05, 4.69) is 15.4 Å². The number of amides is 1. The second-order valence-electron chi connectivity index (χ2n) is 5.28. The molecule has 1 heterocycles. The van der Waals surface area contributed by atoms with Gasteiger partial charge in [0.2, 0.25) is 15.9 Å². The zero-order chi connectivity index (χ0) is 16.2. The number of anilines is 2. The molecular formula is C14H21N3O4S. The molecule has 1 aliphatic heterocycles. The molecule has 0 saturated carbocycles. The Hall–Kier alpha value is -1.80. The van der Waals surface area contributed by atoms with Gasteiger partial charge in [0, 0.05) is 11.8 Å². The molecule has 1 saturated heterocycles. The van der Waals surface area contributed by atoms with Crippen LogP contribution in [0.3, 0.4) is 0 Å². The zero-order valence-corrected chi connectivity index (χ0v) is 13.5. The number of benzene rings is 1. The number of nitrogens with one attached hydrogen (secondary N) is 3. The quantitative estimate of drug-likeness (QED) is 0.754. The highest BCUT2D eigenvalue weighted by molar-refractivity contribution is 7.92. The largest absolute Gasteiger partial charge is 0.494 e. The first-order valence-corrected chi connectivity index (χ1v) is 8.98. The lowest BCUT2D eigenvalue weighted by atomic mass is 10.0. The number of ether oxygens (including phenoxy) is 1. The highest BCUT2D eigenvalue weighted by atomic mass is 32.2. The van der Waals surface area contributed by atoms with Crippen LogP contribution in [0.1, 0.15) is 19.3 Å². The van der Waals surface area contributed by atoms with Crippen LogP contribution in [0.4, 0.5) is 11.4 Å². The monoisotopic (exact) mass is 327 g/mol. The minimum absolute atomic E-state index is 0.0921. The van der Waals surface area contributed by atoms with Gasteiger partial charge in [-0.2, -0.15) is 0 Å². The van der Waals surface area contributed by atoms with Crippen molar-refractivity contribution < 1.29 is 17.9 Å². The van der Waals surface area contributed by atoms with E-state index in [1.165, 1.54) is 7.11 Å². The van der Waals surface area contributed by atoms with Crippen molar-refractivity contribution in [3.63, 3.8) is 0 Å². The van der Waals surface area contributed by atoms with Crippen molar-refractivity contribution in [2.45, 2.75) is 25.3 Å². The van der Waals surface area contributed by atoms with Gasteiger partial charge in [-0.05, 0) is 31.5 Å². The molecule has 1 amide bonds. The molecule has 0 aliphatic carbocycles. The molecule has 0 aromatic heterocycles. The van der Waals surface area contributed by atoms with Crippen LogP contribution in [0.5, 0.6) is 5.75 Å². The minimum atomic E-state index is -3.39. The Kier molecular flexibility index (Phi) is 5.25. The number of methoxy groups -OCH3 is 1. The predicted molar refractivity (Wildman–Crippen MR) is 85.7 cm³/mol. The maximum Gasteiger partial charge on any atom is 0.241 e. The molecule has 1 fully saturated rings. The van der Waals surface area contributed by atoms with Gasteiger partial charge in [0.25, 0.3) is 0 Å². The van der Waals surface area contributed by atoms with Crippen LogP contribution in [0.25, 0.3) is 0 Å². The highest BCUT2D eigenvalue weighted by Gasteiger charge is 2.20. The molecule has 1 aromatic rings. The Morgan fingerprint density at radius 1 is 1.36 bits per heavy atom. The van der Waals surface area contributed by atoms with Crippen LogP contribution in [-0.2, 0) is 14.8 Å². The second-order valence-corrected chi connectivity index (χ2v) is 7.03. The summed E-state index contributed by atoms with van der Waals surface area (Å²) in [7, 11) is -1.95. The van der Waals surface area contributed by atoms with E-state index in [1.54, 1.807) is 18.2 Å². The summed E-state index contributed by atoms with van der Waals surface area (Å²) in [4.78, 5) is 12.2. The van der Waals surface area contributed by atoms with Crippen molar-refractivity contribution in [1.29, 1.82) is 0 Å². The van der Waals surface area contributed by atoms with E-state index in [1.807, 2.05) is 0 Å². The molecule has 7 nitrogen and oxygen atoms in total. The Bertz CT molecular complexity index is 639. The predicted octanol–water partition coefficient (Wildman–Crippen LogP) is 1.15. The van der Waals surface area contributed by atoms with Gasteiger partial charge in [-0.25, -0.2) is 8.42 Å². The van der Waals surface area contributed by atoms with Gasteiger partial charge in [-0.1, -0.05) is 6.42 Å². The van der Waals surface area contributed by atoms with Crippen LogP contribution >= 0.6 is 0 Å². The van der Waals surface area contributed by atoms with E-state index < -0.39 is 10.0 Å². The standard InChI is InChI=1S/C14H21N3O4S/c1-21-13-9-10(6-7-11(13)17-22(2,19)20)16-14(18)12-5-3-4-8-15-12/h6-7,9,12,15,17H,3-5,8H2,1-2H3,(H,16,18). The number of rotatable bonds is 5. The summed E-state index contributed by atoms with van der Waals surface area (Å²) in [5.74, 6) is 0.255. The van der Waals surface area contributed by atoms with Gasteiger partial charge in [0.1, 0.15) is 5.75 Å². The normalized spacial score (nSPS) is 18.5. The zero-order valence-electron chi connectivity index (χ0n) is 12.7. The van der Waals surface area contributed by atoms with Gasteiger partial charge >= 0.3 is 0 Å². The van der Waals surface area contributed by atoms with E-state index in [9.17, 15) is 13.2 Å². The fourth-order valence-corrected chi connectivity index (χ4v) is 2.93. The average molecular weight is 327 g/mol. The van der Waals surface area contributed by atoms with Crippen molar-refractivity contribution in [1.82, 2.24) is 5.32 Å². The molecule has 1 unspecified atom stereocenters. The van der Waals surface area contributed by atoms with Gasteiger partial charge in [0.05, 0.1) is 25.1 Å². The van der Waals surface area contributed by atoms with Crippen LogP contribution in [0.2, 0.25) is 0 Å². The van der Waals surface area contributed by atoms with E-state index in [0.29, 0.717) is 17.1 Å². The Morgan fingerprint density at radius 2 is 2.14 bits per heavy atom. The topological polar surface area (TPSA) is 96.5 Å². The lowest BCUT2D eigenvalue weighted by Crippen LogP contribution is -2.43. The molecular weight excluding hydrogens is 306 g/mol. The number of hydrogen-bond acceptors (Lipinski definition) is 5.